The first-order chi connectivity index (χ1) is 15.7. The first kappa shape index (κ1) is 22.7. The molecule has 0 aromatic heterocycles. The van der Waals surface area contributed by atoms with Crippen molar-refractivity contribution in [2.24, 2.45) is 5.92 Å². The van der Waals surface area contributed by atoms with Crippen LogP contribution in [0.3, 0.4) is 0 Å². The van der Waals surface area contributed by atoms with Gasteiger partial charge in [-0.3, -0.25) is 19.3 Å². The lowest BCUT2D eigenvalue weighted by Gasteiger charge is -2.38. The molecule has 7 heteroatoms. The minimum Gasteiger partial charge on any atom is -0.336 e. The van der Waals surface area contributed by atoms with E-state index in [0.29, 0.717) is 43.0 Å². The second-order valence-corrected chi connectivity index (χ2v) is 9.14. The van der Waals surface area contributed by atoms with E-state index in [0.717, 1.165) is 11.1 Å². The molecule has 1 fully saturated rings. The summed E-state index contributed by atoms with van der Waals surface area (Å²) in [4.78, 5) is 44.4. The Bertz CT molecular complexity index is 1170. The number of anilines is 1. The van der Waals surface area contributed by atoms with Gasteiger partial charge in [-0.25, -0.2) is 4.90 Å². The number of benzene rings is 2. The fourth-order valence-corrected chi connectivity index (χ4v) is 4.59. The van der Waals surface area contributed by atoms with Gasteiger partial charge in [0.2, 0.25) is 0 Å². The highest BCUT2D eigenvalue weighted by Gasteiger charge is 2.38. The summed E-state index contributed by atoms with van der Waals surface area (Å²) in [5, 5.41) is 9.44. The lowest BCUT2D eigenvalue weighted by atomic mass is 10.0. The molecule has 3 amide bonds. The average Bonchev–Trinajstić information content (AvgIpc) is 3.05. The normalized spacial score (nSPS) is 17.3. The summed E-state index contributed by atoms with van der Waals surface area (Å²) in [6.45, 7) is 10.1. The fourth-order valence-electron chi connectivity index (χ4n) is 4.59. The topological polar surface area (TPSA) is 84.7 Å². The standard InChI is InChI=1S/C26H28N4O3/c1-16(2)23(15-27)28-9-11-29(12-10-28)24(31)19-7-8-20-21(14-19)26(33)30(25(20)32)22-13-17(3)5-6-18(22)4/h5-8,13-14,16,23H,9-12H2,1-4H3. The van der Waals surface area contributed by atoms with Gasteiger partial charge in [0, 0.05) is 31.7 Å². The number of fused-ring (bicyclic) bond motifs is 1. The van der Waals surface area contributed by atoms with Crippen LogP contribution in [-0.2, 0) is 0 Å². The zero-order valence-electron chi connectivity index (χ0n) is 19.5. The zero-order valence-corrected chi connectivity index (χ0v) is 19.5. The van der Waals surface area contributed by atoms with Crippen LogP contribution in [-0.4, -0.2) is 59.7 Å². The summed E-state index contributed by atoms with van der Waals surface area (Å²) in [6, 6.07) is 12.6. The van der Waals surface area contributed by atoms with E-state index in [-0.39, 0.29) is 29.3 Å². The second-order valence-electron chi connectivity index (χ2n) is 9.14. The van der Waals surface area contributed by atoms with E-state index in [2.05, 4.69) is 11.0 Å². The predicted molar refractivity (Wildman–Crippen MR) is 125 cm³/mol. The number of piperazine rings is 1. The summed E-state index contributed by atoms with van der Waals surface area (Å²) in [7, 11) is 0. The Morgan fingerprint density at radius 3 is 2.24 bits per heavy atom. The Kier molecular flexibility index (Phi) is 6.05. The third-order valence-corrected chi connectivity index (χ3v) is 6.50. The predicted octanol–water partition coefficient (Wildman–Crippen LogP) is 3.41. The maximum Gasteiger partial charge on any atom is 0.266 e. The van der Waals surface area contributed by atoms with Crippen LogP contribution in [0.15, 0.2) is 36.4 Å². The second kappa shape index (κ2) is 8.80. The van der Waals surface area contributed by atoms with Crippen molar-refractivity contribution in [1.82, 2.24) is 9.80 Å². The van der Waals surface area contributed by atoms with E-state index in [9.17, 15) is 19.6 Å². The molecule has 0 radical (unpaired) electrons. The largest absolute Gasteiger partial charge is 0.336 e. The van der Waals surface area contributed by atoms with Crippen molar-refractivity contribution in [1.29, 1.82) is 5.26 Å². The number of imide groups is 1. The van der Waals surface area contributed by atoms with Gasteiger partial charge < -0.3 is 4.90 Å². The van der Waals surface area contributed by atoms with Gasteiger partial charge in [0.1, 0.15) is 6.04 Å². The Hall–Kier alpha value is -3.50. The Labute approximate surface area is 194 Å². The Morgan fingerprint density at radius 2 is 1.61 bits per heavy atom. The molecule has 2 aromatic carbocycles. The van der Waals surface area contributed by atoms with E-state index in [1.54, 1.807) is 23.1 Å². The van der Waals surface area contributed by atoms with E-state index >= 15 is 0 Å². The summed E-state index contributed by atoms with van der Waals surface area (Å²) >= 11 is 0. The van der Waals surface area contributed by atoms with Crippen LogP contribution >= 0.6 is 0 Å². The van der Waals surface area contributed by atoms with E-state index < -0.39 is 5.91 Å². The maximum atomic E-state index is 13.2. The number of amides is 3. The van der Waals surface area contributed by atoms with Crippen molar-refractivity contribution in [2.75, 3.05) is 31.1 Å². The molecule has 0 spiro atoms. The van der Waals surface area contributed by atoms with Crippen LogP contribution in [0.1, 0.15) is 56.0 Å². The highest BCUT2D eigenvalue weighted by atomic mass is 16.2. The molecule has 2 aromatic rings. The zero-order chi connectivity index (χ0) is 23.9. The number of nitriles is 1. The number of aryl methyl sites for hydroxylation is 2. The molecular formula is C26H28N4O3. The quantitative estimate of drug-likeness (QED) is 0.675. The summed E-state index contributed by atoms with van der Waals surface area (Å²) in [5.74, 6) is -0.719. The number of hydrogen-bond acceptors (Lipinski definition) is 5. The summed E-state index contributed by atoms with van der Waals surface area (Å²) in [6.07, 6.45) is 0. The van der Waals surface area contributed by atoms with Crippen molar-refractivity contribution >= 4 is 23.4 Å². The Morgan fingerprint density at radius 1 is 0.939 bits per heavy atom. The van der Waals surface area contributed by atoms with Gasteiger partial charge in [-0.2, -0.15) is 5.26 Å². The molecule has 1 unspecified atom stereocenters. The number of carbonyl (C=O) groups is 3. The van der Waals surface area contributed by atoms with Gasteiger partial charge in [0.15, 0.2) is 0 Å². The minimum atomic E-state index is -0.406. The molecule has 4 rings (SSSR count). The molecule has 170 valence electrons. The van der Waals surface area contributed by atoms with Gasteiger partial charge in [0.05, 0.1) is 22.9 Å². The molecule has 1 atom stereocenters. The SMILES string of the molecule is Cc1ccc(C)c(N2C(=O)c3ccc(C(=O)N4CCN(C(C#N)C(C)C)CC4)cc3C2=O)c1. The highest BCUT2D eigenvalue weighted by molar-refractivity contribution is 6.35. The molecule has 2 heterocycles. The van der Waals surface area contributed by atoms with Gasteiger partial charge >= 0.3 is 0 Å². The number of hydrogen-bond donors (Lipinski definition) is 0. The van der Waals surface area contributed by atoms with E-state index in [1.807, 2.05) is 45.9 Å². The van der Waals surface area contributed by atoms with Crippen molar-refractivity contribution in [3.63, 3.8) is 0 Å². The monoisotopic (exact) mass is 444 g/mol. The first-order valence-corrected chi connectivity index (χ1v) is 11.3. The smallest absolute Gasteiger partial charge is 0.266 e. The van der Waals surface area contributed by atoms with Crippen LogP contribution in [0.4, 0.5) is 5.69 Å². The van der Waals surface area contributed by atoms with Gasteiger partial charge in [0.25, 0.3) is 17.7 Å². The average molecular weight is 445 g/mol. The molecule has 0 bridgehead atoms. The van der Waals surface area contributed by atoms with Crippen molar-refractivity contribution in [2.45, 2.75) is 33.7 Å². The van der Waals surface area contributed by atoms with Crippen LogP contribution in [0.25, 0.3) is 0 Å². The van der Waals surface area contributed by atoms with Crippen LogP contribution in [0, 0.1) is 31.1 Å². The molecule has 0 N–H and O–H groups in total. The highest BCUT2D eigenvalue weighted by Crippen LogP contribution is 2.32. The number of rotatable bonds is 4. The molecule has 7 nitrogen and oxygen atoms in total. The molecule has 2 aliphatic rings. The van der Waals surface area contributed by atoms with E-state index in [4.69, 9.17) is 0 Å². The minimum absolute atomic E-state index is 0.165. The molecule has 0 aliphatic carbocycles. The number of nitrogens with zero attached hydrogens (tertiary/aromatic N) is 4. The van der Waals surface area contributed by atoms with Crippen LogP contribution < -0.4 is 4.90 Å². The summed E-state index contributed by atoms with van der Waals surface area (Å²) < 4.78 is 0. The van der Waals surface area contributed by atoms with Gasteiger partial charge in [-0.1, -0.05) is 26.0 Å². The van der Waals surface area contributed by atoms with Crippen LogP contribution in [0.5, 0.6) is 0 Å². The van der Waals surface area contributed by atoms with Gasteiger partial charge in [-0.05, 0) is 55.2 Å². The van der Waals surface area contributed by atoms with Crippen molar-refractivity contribution < 1.29 is 14.4 Å². The molecule has 33 heavy (non-hydrogen) atoms. The fraction of sp³-hybridized carbons (Fsp3) is 0.385. The first-order valence-electron chi connectivity index (χ1n) is 11.3. The molecule has 0 saturated carbocycles. The summed E-state index contributed by atoms with van der Waals surface area (Å²) in [5.41, 5.74) is 3.33. The van der Waals surface area contributed by atoms with Crippen LogP contribution in [0.2, 0.25) is 0 Å². The molecule has 1 saturated heterocycles. The molecule has 2 aliphatic heterocycles. The lowest BCUT2D eigenvalue weighted by molar-refractivity contribution is 0.0576. The molecular weight excluding hydrogens is 416 g/mol. The Balaban J connectivity index is 1.54. The van der Waals surface area contributed by atoms with Gasteiger partial charge in [-0.15, -0.1) is 0 Å². The lowest BCUT2D eigenvalue weighted by Crippen LogP contribution is -2.52. The van der Waals surface area contributed by atoms with E-state index in [1.165, 1.54) is 4.90 Å². The number of carbonyl (C=O) groups excluding carboxylic acids is 3. The van der Waals surface area contributed by atoms with Crippen molar-refractivity contribution in [3.05, 3.63) is 64.2 Å². The third kappa shape index (κ3) is 4.03. The third-order valence-electron chi connectivity index (χ3n) is 6.50. The van der Waals surface area contributed by atoms with Crippen molar-refractivity contribution in [3.8, 4) is 6.07 Å². The maximum absolute atomic E-state index is 13.2.